The number of rotatable bonds is 5. The molecule has 2 aliphatic heterocycles. The first kappa shape index (κ1) is 20.6. The smallest absolute Gasteiger partial charge is 0.337 e. The SMILES string of the molecule is CCC(C)CN1CC2N(Cc3ccc(C(F)(F)F)cc3)CCC(=O)N2CC1=O. The van der Waals surface area contributed by atoms with Crippen molar-refractivity contribution in [1.82, 2.24) is 14.7 Å². The second kappa shape index (κ2) is 8.11. The lowest BCUT2D eigenvalue weighted by atomic mass is 10.0. The van der Waals surface area contributed by atoms with E-state index < -0.39 is 11.7 Å². The molecule has 2 aliphatic rings. The lowest BCUT2D eigenvalue weighted by Gasteiger charge is -2.49. The Labute approximate surface area is 163 Å². The Hall–Kier alpha value is -2.09. The number of hydrogen-bond donors (Lipinski definition) is 0. The second-order valence-electron chi connectivity index (χ2n) is 7.73. The third-order valence-corrected chi connectivity index (χ3v) is 5.65. The lowest BCUT2D eigenvalue weighted by Crippen LogP contribution is -2.66. The summed E-state index contributed by atoms with van der Waals surface area (Å²) in [5.74, 6) is 0.296. The molecule has 0 N–H and O–H groups in total. The van der Waals surface area contributed by atoms with E-state index in [1.807, 2.05) is 4.90 Å². The summed E-state index contributed by atoms with van der Waals surface area (Å²) >= 11 is 0. The molecule has 1 aromatic rings. The van der Waals surface area contributed by atoms with Crippen molar-refractivity contribution in [3.05, 3.63) is 35.4 Å². The first-order valence-corrected chi connectivity index (χ1v) is 9.66. The summed E-state index contributed by atoms with van der Waals surface area (Å²) in [7, 11) is 0. The van der Waals surface area contributed by atoms with Crippen molar-refractivity contribution in [2.75, 3.05) is 26.2 Å². The number of hydrogen-bond acceptors (Lipinski definition) is 3. The van der Waals surface area contributed by atoms with Crippen molar-refractivity contribution in [2.24, 2.45) is 5.92 Å². The van der Waals surface area contributed by atoms with Gasteiger partial charge in [-0.05, 0) is 23.6 Å². The average molecular weight is 397 g/mol. The molecule has 0 aliphatic carbocycles. The number of halogens is 3. The number of benzene rings is 1. The second-order valence-corrected chi connectivity index (χ2v) is 7.73. The van der Waals surface area contributed by atoms with Gasteiger partial charge in [-0.1, -0.05) is 32.4 Å². The molecule has 3 rings (SSSR count). The summed E-state index contributed by atoms with van der Waals surface area (Å²) in [5.41, 5.74) is 0.0855. The summed E-state index contributed by atoms with van der Waals surface area (Å²) in [6, 6.07) is 5.13. The number of alkyl halides is 3. The number of fused-ring (bicyclic) bond motifs is 1. The maximum absolute atomic E-state index is 12.8. The van der Waals surface area contributed by atoms with E-state index in [1.165, 1.54) is 12.1 Å². The Balaban J connectivity index is 1.74. The van der Waals surface area contributed by atoms with Crippen LogP contribution in [0.2, 0.25) is 0 Å². The van der Waals surface area contributed by atoms with Gasteiger partial charge in [-0.15, -0.1) is 0 Å². The maximum Gasteiger partial charge on any atom is 0.416 e. The van der Waals surface area contributed by atoms with E-state index in [1.54, 1.807) is 4.90 Å². The fraction of sp³-hybridized carbons (Fsp3) is 0.600. The van der Waals surface area contributed by atoms with Crippen LogP contribution < -0.4 is 0 Å². The molecule has 1 aromatic carbocycles. The highest BCUT2D eigenvalue weighted by Crippen LogP contribution is 2.30. The number of nitrogens with zero attached hydrogens (tertiary/aromatic N) is 3. The fourth-order valence-corrected chi connectivity index (χ4v) is 3.75. The molecular weight excluding hydrogens is 371 g/mol. The molecule has 2 unspecified atom stereocenters. The predicted octanol–water partition coefficient (Wildman–Crippen LogP) is 2.95. The third kappa shape index (κ3) is 4.48. The zero-order chi connectivity index (χ0) is 20.5. The fourth-order valence-electron chi connectivity index (χ4n) is 3.75. The molecule has 2 fully saturated rings. The predicted molar refractivity (Wildman–Crippen MR) is 98.0 cm³/mol. The molecule has 0 spiro atoms. The van der Waals surface area contributed by atoms with Crippen LogP contribution in [0.5, 0.6) is 0 Å². The normalized spacial score (nSPS) is 22.4. The molecule has 5 nitrogen and oxygen atoms in total. The molecule has 2 atom stereocenters. The summed E-state index contributed by atoms with van der Waals surface area (Å²) in [4.78, 5) is 30.3. The van der Waals surface area contributed by atoms with E-state index in [0.717, 1.165) is 24.1 Å². The molecule has 0 radical (unpaired) electrons. The highest BCUT2D eigenvalue weighted by molar-refractivity contribution is 5.87. The van der Waals surface area contributed by atoms with Crippen LogP contribution in [0.1, 0.15) is 37.8 Å². The van der Waals surface area contributed by atoms with Gasteiger partial charge in [0.25, 0.3) is 0 Å². The summed E-state index contributed by atoms with van der Waals surface area (Å²) < 4.78 is 38.3. The van der Waals surface area contributed by atoms with Gasteiger partial charge in [0.1, 0.15) is 12.7 Å². The quantitative estimate of drug-likeness (QED) is 0.767. The first-order valence-electron chi connectivity index (χ1n) is 9.66. The van der Waals surface area contributed by atoms with Crippen molar-refractivity contribution < 1.29 is 22.8 Å². The molecule has 0 aromatic heterocycles. The van der Waals surface area contributed by atoms with Crippen LogP contribution in [-0.4, -0.2) is 58.9 Å². The van der Waals surface area contributed by atoms with Crippen molar-refractivity contribution in [3.63, 3.8) is 0 Å². The molecule has 154 valence electrons. The highest BCUT2D eigenvalue weighted by Gasteiger charge is 2.41. The van der Waals surface area contributed by atoms with Crippen LogP contribution in [0.4, 0.5) is 13.2 Å². The van der Waals surface area contributed by atoms with Gasteiger partial charge in [-0.3, -0.25) is 14.5 Å². The van der Waals surface area contributed by atoms with Crippen LogP contribution in [0.15, 0.2) is 24.3 Å². The molecule has 0 saturated carbocycles. The number of carbonyl (C=O) groups is 2. The van der Waals surface area contributed by atoms with E-state index in [2.05, 4.69) is 18.7 Å². The summed E-state index contributed by atoms with van der Waals surface area (Å²) in [6.07, 6.45) is -3.31. The van der Waals surface area contributed by atoms with Crippen molar-refractivity contribution in [2.45, 2.75) is 45.6 Å². The Kier molecular flexibility index (Phi) is 5.98. The molecule has 28 heavy (non-hydrogen) atoms. The van der Waals surface area contributed by atoms with Crippen LogP contribution in [0.3, 0.4) is 0 Å². The zero-order valence-electron chi connectivity index (χ0n) is 16.2. The third-order valence-electron chi connectivity index (χ3n) is 5.65. The number of amides is 2. The zero-order valence-corrected chi connectivity index (χ0v) is 16.2. The van der Waals surface area contributed by atoms with Crippen LogP contribution >= 0.6 is 0 Å². The van der Waals surface area contributed by atoms with Crippen LogP contribution in [0.25, 0.3) is 0 Å². The highest BCUT2D eigenvalue weighted by atomic mass is 19.4. The minimum absolute atomic E-state index is 0.0368. The van der Waals surface area contributed by atoms with Gasteiger partial charge in [-0.25, -0.2) is 0 Å². The van der Waals surface area contributed by atoms with Crippen molar-refractivity contribution >= 4 is 11.8 Å². The number of piperazine rings is 1. The molecule has 0 bridgehead atoms. The Bertz CT molecular complexity index is 720. The van der Waals surface area contributed by atoms with Crippen molar-refractivity contribution in [1.29, 1.82) is 0 Å². The standard InChI is InChI=1S/C20H26F3N3O2/c1-3-14(2)10-25-12-17-24(9-8-18(27)26(17)13-19(25)28)11-15-4-6-16(7-5-15)20(21,22)23/h4-7,14,17H,3,8-13H2,1-2H3. The van der Waals surface area contributed by atoms with Gasteiger partial charge in [0.2, 0.25) is 11.8 Å². The van der Waals surface area contributed by atoms with Gasteiger partial charge in [-0.2, -0.15) is 13.2 Å². The van der Waals surface area contributed by atoms with Gasteiger partial charge in [0.15, 0.2) is 0 Å². The molecule has 2 saturated heterocycles. The first-order chi connectivity index (χ1) is 13.2. The van der Waals surface area contributed by atoms with E-state index in [4.69, 9.17) is 0 Å². The minimum atomic E-state index is -4.35. The monoisotopic (exact) mass is 397 g/mol. The van der Waals surface area contributed by atoms with Crippen molar-refractivity contribution in [3.8, 4) is 0 Å². The van der Waals surface area contributed by atoms with E-state index in [-0.39, 0.29) is 24.5 Å². The topological polar surface area (TPSA) is 43.9 Å². The molecule has 2 amide bonds. The number of carbonyl (C=O) groups excluding carboxylic acids is 2. The molecule has 2 heterocycles. The maximum atomic E-state index is 12.8. The Morgan fingerprint density at radius 1 is 1.14 bits per heavy atom. The Morgan fingerprint density at radius 3 is 2.43 bits per heavy atom. The van der Waals surface area contributed by atoms with Gasteiger partial charge in [0.05, 0.1) is 12.1 Å². The molecular formula is C20H26F3N3O2. The van der Waals surface area contributed by atoms with E-state index in [9.17, 15) is 22.8 Å². The summed E-state index contributed by atoms with van der Waals surface area (Å²) in [6.45, 7) is 6.31. The Morgan fingerprint density at radius 2 is 1.82 bits per heavy atom. The van der Waals surface area contributed by atoms with Crippen LogP contribution in [0, 0.1) is 5.92 Å². The van der Waals surface area contributed by atoms with Gasteiger partial charge >= 0.3 is 6.18 Å². The molecule has 8 heteroatoms. The lowest BCUT2D eigenvalue weighted by molar-refractivity contribution is -0.162. The van der Waals surface area contributed by atoms with E-state index in [0.29, 0.717) is 38.5 Å². The van der Waals surface area contributed by atoms with E-state index >= 15 is 0 Å². The van der Waals surface area contributed by atoms with Crippen LogP contribution in [-0.2, 0) is 22.3 Å². The summed E-state index contributed by atoms with van der Waals surface area (Å²) in [5, 5.41) is 0. The largest absolute Gasteiger partial charge is 0.416 e. The van der Waals surface area contributed by atoms with Gasteiger partial charge in [0, 0.05) is 26.1 Å². The van der Waals surface area contributed by atoms with Gasteiger partial charge < -0.3 is 9.80 Å². The average Bonchev–Trinajstić information content (AvgIpc) is 2.65. The minimum Gasteiger partial charge on any atom is -0.337 e.